The summed E-state index contributed by atoms with van der Waals surface area (Å²) < 4.78 is 6.39. The molecular weight excluding hydrogens is 394 g/mol. The van der Waals surface area contributed by atoms with Crippen molar-refractivity contribution in [2.45, 2.75) is 0 Å². The molecule has 0 radical (unpaired) electrons. The van der Waals surface area contributed by atoms with Gasteiger partial charge in [0.2, 0.25) is 0 Å². The highest BCUT2D eigenvalue weighted by Crippen LogP contribution is 2.35. The molecule has 0 spiro atoms. The maximum Gasteiger partial charge on any atom is 0.283 e. The molecule has 0 atom stereocenters. The number of methoxy groups -OCH3 is 1. The topological polar surface area (TPSA) is 55.3 Å². The molecule has 0 aliphatic carbocycles. The number of amides is 1. The zero-order valence-corrected chi connectivity index (χ0v) is 17.0. The molecule has 30 heavy (non-hydrogen) atoms. The predicted octanol–water partition coefficient (Wildman–Crippen LogP) is 5.83. The van der Waals surface area contributed by atoms with Gasteiger partial charge in [-0.2, -0.15) is 0 Å². The lowest BCUT2D eigenvalue weighted by atomic mass is 10.2. The van der Waals surface area contributed by atoms with Crippen LogP contribution in [0.1, 0.15) is 10.5 Å². The number of fused-ring (bicyclic) bond motifs is 2. The Morgan fingerprint density at radius 2 is 1.67 bits per heavy atom. The number of anilines is 2. The van der Waals surface area contributed by atoms with E-state index in [1.165, 1.54) is 11.3 Å². The number of benzene rings is 3. The fourth-order valence-electron chi connectivity index (χ4n) is 3.32. The number of nitrogens with zero attached hydrogens (tertiary/aromatic N) is 3. The van der Waals surface area contributed by atoms with Crippen LogP contribution in [0, 0.1) is 0 Å². The average molecular weight is 411 g/mol. The Bertz CT molecular complexity index is 1350. The van der Waals surface area contributed by atoms with E-state index in [2.05, 4.69) is 4.98 Å². The van der Waals surface area contributed by atoms with Crippen LogP contribution in [0.2, 0.25) is 0 Å². The summed E-state index contributed by atoms with van der Waals surface area (Å²) >= 11 is 1.47. The lowest BCUT2D eigenvalue weighted by Gasteiger charge is -2.20. The molecule has 0 fully saturated rings. The van der Waals surface area contributed by atoms with Crippen molar-refractivity contribution in [1.82, 2.24) is 9.97 Å². The van der Waals surface area contributed by atoms with E-state index in [1.807, 2.05) is 78.9 Å². The molecule has 5 nitrogen and oxygen atoms in total. The highest BCUT2D eigenvalue weighted by atomic mass is 32.1. The number of hydrogen-bond donors (Lipinski definition) is 0. The van der Waals surface area contributed by atoms with Crippen molar-refractivity contribution in [2.75, 3.05) is 12.0 Å². The van der Waals surface area contributed by atoms with Gasteiger partial charge in [0.15, 0.2) is 5.13 Å². The summed E-state index contributed by atoms with van der Waals surface area (Å²) in [5.41, 5.74) is 2.66. The van der Waals surface area contributed by atoms with E-state index in [-0.39, 0.29) is 5.91 Å². The summed E-state index contributed by atoms with van der Waals surface area (Å²) in [6.45, 7) is 0. The van der Waals surface area contributed by atoms with Crippen LogP contribution in [0.4, 0.5) is 10.8 Å². The van der Waals surface area contributed by atoms with Crippen molar-refractivity contribution in [3.63, 3.8) is 0 Å². The van der Waals surface area contributed by atoms with Crippen molar-refractivity contribution in [1.29, 1.82) is 0 Å². The second kappa shape index (κ2) is 7.57. The molecule has 0 N–H and O–H groups in total. The standard InChI is InChI=1S/C24H17N3O2S/c1-29-18-9-6-8-17(15-18)27(24-26-20-11-4-5-12-22(20)30-24)23(28)21-14-13-16-7-2-3-10-19(16)25-21/h2-15H,1H3. The van der Waals surface area contributed by atoms with Crippen LogP contribution in [0.25, 0.3) is 21.1 Å². The van der Waals surface area contributed by atoms with Gasteiger partial charge in [0.1, 0.15) is 11.4 Å². The molecule has 0 bridgehead atoms. The molecule has 2 heterocycles. The molecule has 3 aromatic carbocycles. The third kappa shape index (κ3) is 3.27. The molecule has 6 heteroatoms. The van der Waals surface area contributed by atoms with E-state index in [0.717, 1.165) is 21.1 Å². The number of hydrogen-bond acceptors (Lipinski definition) is 5. The van der Waals surface area contributed by atoms with Gasteiger partial charge in [-0.3, -0.25) is 9.69 Å². The van der Waals surface area contributed by atoms with E-state index in [9.17, 15) is 4.79 Å². The zero-order chi connectivity index (χ0) is 20.5. The first-order valence-corrected chi connectivity index (χ1v) is 10.2. The molecule has 0 aliphatic heterocycles. The number of para-hydroxylation sites is 2. The number of ether oxygens (including phenoxy) is 1. The number of rotatable bonds is 4. The fraction of sp³-hybridized carbons (Fsp3) is 0.0417. The molecule has 1 amide bonds. The molecule has 2 aromatic heterocycles. The highest BCUT2D eigenvalue weighted by molar-refractivity contribution is 7.22. The van der Waals surface area contributed by atoms with Gasteiger partial charge in [0.25, 0.3) is 5.91 Å². The summed E-state index contributed by atoms with van der Waals surface area (Å²) in [4.78, 5) is 24.6. The summed E-state index contributed by atoms with van der Waals surface area (Å²) in [5.74, 6) is 0.422. The van der Waals surface area contributed by atoms with E-state index < -0.39 is 0 Å². The van der Waals surface area contributed by atoms with Gasteiger partial charge in [-0.25, -0.2) is 9.97 Å². The molecule has 0 saturated carbocycles. The fourth-order valence-corrected chi connectivity index (χ4v) is 4.30. The molecule has 146 valence electrons. The summed E-state index contributed by atoms with van der Waals surface area (Å²) in [5, 5.41) is 1.58. The van der Waals surface area contributed by atoms with Crippen LogP contribution in [0.3, 0.4) is 0 Å². The van der Waals surface area contributed by atoms with Crippen LogP contribution in [-0.2, 0) is 0 Å². The third-order valence-corrected chi connectivity index (χ3v) is 5.83. The quantitative estimate of drug-likeness (QED) is 0.373. The Balaban J connectivity index is 1.66. The van der Waals surface area contributed by atoms with E-state index in [4.69, 9.17) is 9.72 Å². The van der Waals surface area contributed by atoms with Gasteiger partial charge < -0.3 is 4.74 Å². The monoisotopic (exact) mass is 411 g/mol. The SMILES string of the molecule is COc1cccc(N(C(=O)c2ccc3ccccc3n2)c2nc3ccccc3s2)c1. The predicted molar refractivity (Wildman–Crippen MR) is 121 cm³/mol. The lowest BCUT2D eigenvalue weighted by molar-refractivity contribution is 0.0995. The maximum absolute atomic E-state index is 13.7. The largest absolute Gasteiger partial charge is 0.497 e. The molecular formula is C24H17N3O2S. The Labute approximate surface area is 177 Å². The van der Waals surface area contributed by atoms with E-state index in [0.29, 0.717) is 22.3 Å². The Hall–Kier alpha value is -3.77. The van der Waals surface area contributed by atoms with Crippen LogP contribution < -0.4 is 9.64 Å². The molecule has 0 aliphatic rings. The third-order valence-electron chi connectivity index (χ3n) is 4.81. The second-order valence-corrected chi connectivity index (χ2v) is 7.70. The van der Waals surface area contributed by atoms with Crippen LogP contribution in [-0.4, -0.2) is 23.0 Å². The molecule has 0 saturated heterocycles. The first kappa shape index (κ1) is 18.3. The summed E-state index contributed by atoms with van der Waals surface area (Å²) in [6.07, 6.45) is 0. The average Bonchev–Trinajstić information content (AvgIpc) is 3.22. The van der Waals surface area contributed by atoms with Crippen molar-refractivity contribution in [3.8, 4) is 5.75 Å². The number of carbonyl (C=O) groups is 1. The van der Waals surface area contributed by atoms with Crippen molar-refractivity contribution < 1.29 is 9.53 Å². The highest BCUT2D eigenvalue weighted by Gasteiger charge is 2.25. The van der Waals surface area contributed by atoms with Gasteiger partial charge in [-0.1, -0.05) is 53.8 Å². The summed E-state index contributed by atoms with van der Waals surface area (Å²) in [6, 6.07) is 26.7. The van der Waals surface area contributed by atoms with Crippen LogP contribution in [0.5, 0.6) is 5.75 Å². The van der Waals surface area contributed by atoms with E-state index in [1.54, 1.807) is 18.1 Å². The van der Waals surface area contributed by atoms with Crippen molar-refractivity contribution >= 4 is 49.2 Å². The first-order valence-electron chi connectivity index (χ1n) is 9.43. The molecule has 5 rings (SSSR count). The smallest absolute Gasteiger partial charge is 0.283 e. The Morgan fingerprint density at radius 1 is 0.867 bits per heavy atom. The van der Waals surface area contributed by atoms with Gasteiger partial charge in [-0.05, 0) is 36.4 Å². The minimum Gasteiger partial charge on any atom is -0.497 e. The minimum absolute atomic E-state index is 0.243. The van der Waals surface area contributed by atoms with Crippen molar-refractivity contribution in [3.05, 3.63) is 90.6 Å². The minimum atomic E-state index is -0.243. The lowest BCUT2D eigenvalue weighted by Crippen LogP contribution is -2.26. The molecule has 5 aromatic rings. The van der Waals surface area contributed by atoms with Crippen LogP contribution in [0.15, 0.2) is 84.9 Å². The number of thiazole rings is 1. The maximum atomic E-state index is 13.7. The van der Waals surface area contributed by atoms with Gasteiger partial charge in [0.05, 0.1) is 28.5 Å². The Kier molecular flexibility index (Phi) is 4.61. The number of aromatic nitrogens is 2. The zero-order valence-electron chi connectivity index (χ0n) is 16.1. The second-order valence-electron chi connectivity index (χ2n) is 6.70. The van der Waals surface area contributed by atoms with Gasteiger partial charge >= 0.3 is 0 Å². The van der Waals surface area contributed by atoms with Gasteiger partial charge in [-0.15, -0.1) is 0 Å². The molecule has 0 unspecified atom stereocenters. The van der Waals surface area contributed by atoms with Crippen LogP contribution >= 0.6 is 11.3 Å². The first-order chi connectivity index (χ1) is 14.7. The number of carbonyl (C=O) groups excluding carboxylic acids is 1. The summed E-state index contributed by atoms with van der Waals surface area (Å²) in [7, 11) is 1.61. The van der Waals surface area contributed by atoms with Gasteiger partial charge in [0, 0.05) is 11.5 Å². The van der Waals surface area contributed by atoms with E-state index >= 15 is 0 Å². The normalized spacial score (nSPS) is 11.0. The van der Waals surface area contributed by atoms with Crippen molar-refractivity contribution in [2.24, 2.45) is 0 Å². The Morgan fingerprint density at radius 3 is 2.50 bits per heavy atom. The number of pyridine rings is 1.